The number of benzene rings is 1. The summed E-state index contributed by atoms with van der Waals surface area (Å²) in [6.07, 6.45) is 0. The maximum atomic E-state index is 13.4. The van der Waals surface area contributed by atoms with E-state index in [2.05, 4.69) is 5.32 Å². The minimum Gasteiger partial charge on any atom is -0.492 e. The van der Waals surface area contributed by atoms with Gasteiger partial charge in [-0.05, 0) is 12.1 Å². The molecule has 1 aromatic rings. The number of rotatable bonds is 4. The van der Waals surface area contributed by atoms with E-state index in [1.807, 2.05) is 0 Å². The highest BCUT2D eigenvalue weighted by Crippen LogP contribution is 2.22. The van der Waals surface area contributed by atoms with Gasteiger partial charge < -0.3 is 19.9 Å². The summed E-state index contributed by atoms with van der Waals surface area (Å²) >= 11 is 0. The molecule has 5 nitrogen and oxygen atoms in total. The summed E-state index contributed by atoms with van der Waals surface area (Å²) < 4.78 is 24.2. The van der Waals surface area contributed by atoms with Crippen LogP contribution in [0.1, 0.15) is 10.4 Å². The second kappa shape index (κ2) is 6.49. The van der Waals surface area contributed by atoms with Crippen molar-refractivity contribution >= 4 is 5.97 Å². The van der Waals surface area contributed by atoms with Crippen molar-refractivity contribution in [1.82, 2.24) is 5.32 Å². The molecule has 2 N–H and O–H groups in total. The normalized spacial score (nSPS) is 19.7. The van der Waals surface area contributed by atoms with Gasteiger partial charge in [0.25, 0.3) is 0 Å². The Hall–Kier alpha value is -1.66. The fraction of sp³-hybridized carbons (Fsp3) is 0.462. The summed E-state index contributed by atoms with van der Waals surface area (Å²) in [7, 11) is 0. The van der Waals surface area contributed by atoms with Crippen molar-refractivity contribution < 1.29 is 23.8 Å². The average molecular weight is 269 g/mol. The molecule has 104 valence electrons. The number of hydrogen-bond donors (Lipinski definition) is 2. The van der Waals surface area contributed by atoms with Crippen LogP contribution in [0.2, 0.25) is 0 Å². The summed E-state index contributed by atoms with van der Waals surface area (Å²) in [6, 6.07) is 3.99. The molecule has 0 aliphatic carbocycles. The third-order valence-corrected chi connectivity index (χ3v) is 2.87. The van der Waals surface area contributed by atoms with E-state index in [0.29, 0.717) is 13.2 Å². The molecule has 1 fully saturated rings. The van der Waals surface area contributed by atoms with Gasteiger partial charge in [0.05, 0.1) is 19.8 Å². The molecule has 0 spiro atoms. The number of nitrogens with one attached hydrogen (secondary N) is 1. The predicted octanol–water partition coefficient (Wildman–Crippen LogP) is 1.14. The zero-order valence-electron chi connectivity index (χ0n) is 10.4. The second-order valence-electron chi connectivity index (χ2n) is 4.37. The van der Waals surface area contributed by atoms with E-state index in [1.54, 1.807) is 0 Å². The molecule has 0 aromatic heterocycles. The number of halogens is 1. The van der Waals surface area contributed by atoms with Crippen molar-refractivity contribution in [1.29, 1.82) is 0 Å². The van der Waals surface area contributed by atoms with Gasteiger partial charge in [0.15, 0.2) is 0 Å². The van der Waals surface area contributed by atoms with Gasteiger partial charge in [-0.1, -0.05) is 6.07 Å². The number of aromatic carboxylic acids is 1. The molecule has 0 bridgehead atoms. The van der Waals surface area contributed by atoms with Crippen LogP contribution >= 0.6 is 0 Å². The van der Waals surface area contributed by atoms with Crippen molar-refractivity contribution in [3.05, 3.63) is 29.6 Å². The Morgan fingerprint density at radius 2 is 2.42 bits per heavy atom. The molecular weight excluding hydrogens is 253 g/mol. The van der Waals surface area contributed by atoms with Crippen LogP contribution in [0.25, 0.3) is 0 Å². The van der Waals surface area contributed by atoms with Crippen molar-refractivity contribution in [3.63, 3.8) is 0 Å². The third-order valence-electron chi connectivity index (χ3n) is 2.87. The molecule has 1 heterocycles. The highest BCUT2D eigenvalue weighted by atomic mass is 19.1. The molecule has 0 saturated carbocycles. The van der Waals surface area contributed by atoms with Crippen LogP contribution in [0.3, 0.4) is 0 Å². The molecule has 1 atom stereocenters. The third kappa shape index (κ3) is 3.65. The van der Waals surface area contributed by atoms with E-state index in [4.69, 9.17) is 14.6 Å². The monoisotopic (exact) mass is 269 g/mol. The first-order valence-corrected chi connectivity index (χ1v) is 6.11. The smallest absolute Gasteiger partial charge is 0.342 e. The minimum atomic E-state index is -1.33. The van der Waals surface area contributed by atoms with Crippen LogP contribution in [0.15, 0.2) is 18.2 Å². The minimum absolute atomic E-state index is 0.0525. The van der Waals surface area contributed by atoms with Crippen LogP contribution in [0.4, 0.5) is 4.39 Å². The average Bonchev–Trinajstić information content (AvgIpc) is 2.64. The van der Waals surface area contributed by atoms with E-state index in [0.717, 1.165) is 19.2 Å². The lowest BCUT2D eigenvalue weighted by Gasteiger charge is -2.16. The van der Waals surface area contributed by atoms with Crippen LogP contribution < -0.4 is 10.1 Å². The standard InChI is InChI=1S/C13H16FNO4/c14-10-2-1-3-11(12(10)13(16)17)19-8-9-6-15-4-5-18-7-9/h1-3,9,15H,4-8H2,(H,16,17). The molecule has 1 aromatic carbocycles. The van der Waals surface area contributed by atoms with E-state index in [-0.39, 0.29) is 18.3 Å². The largest absolute Gasteiger partial charge is 0.492 e. The topological polar surface area (TPSA) is 67.8 Å². The van der Waals surface area contributed by atoms with Gasteiger partial charge in [-0.3, -0.25) is 0 Å². The van der Waals surface area contributed by atoms with Crippen molar-refractivity contribution in [2.75, 3.05) is 32.9 Å². The molecule has 1 unspecified atom stereocenters. The summed E-state index contributed by atoms with van der Waals surface area (Å²) in [5.74, 6) is -1.95. The Bertz CT molecular complexity index is 444. The molecule has 1 aliphatic rings. The molecule has 2 rings (SSSR count). The zero-order chi connectivity index (χ0) is 13.7. The summed E-state index contributed by atoms with van der Waals surface area (Å²) in [6.45, 7) is 3.01. The van der Waals surface area contributed by atoms with E-state index in [1.165, 1.54) is 12.1 Å². The van der Waals surface area contributed by atoms with Gasteiger partial charge in [0.1, 0.15) is 17.1 Å². The van der Waals surface area contributed by atoms with Gasteiger partial charge >= 0.3 is 5.97 Å². The summed E-state index contributed by atoms with van der Waals surface area (Å²) in [5, 5.41) is 12.2. The Morgan fingerprint density at radius 3 is 3.21 bits per heavy atom. The number of carboxylic acid groups (broad SMARTS) is 1. The van der Waals surface area contributed by atoms with Crippen LogP contribution in [-0.4, -0.2) is 44.0 Å². The quantitative estimate of drug-likeness (QED) is 0.858. The second-order valence-corrected chi connectivity index (χ2v) is 4.37. The lowest BCUT2D eigenvalue weighted by atomic mass is 10.1. The zero-order valence-corrected chi connectivity index (χ0v) is 10.4. The first-order valence-electron chi connectivity index (χ1n) is 6.11. The first kappa shape index (κ1) is 13.8. The van der Waals surface area contributed by atoms with Gasteiger partial charge in [0.2, 0.25) is 0 Å². The Kier molecular flexibility index (Phi) is 4.70. The Morgan fingerprint density at radius 1 is 1.58 bits per heavy atom. The Labute approximate surface area is 110 Å². The maximum Gasteiger partial charge on any atom is 0.342 e. The molecule has 1 aliphatic heterocycles. The van der Waals surface area contributed by atoms with E-state index >= 15 is 0 Å². The highest BCUT2D eigenvalue weighted by molar-refractivity contribution is 5.91. The molecule has 6 heteroatoms. The molecule has 0 radical (unpaired) electrons. The summed E-state index contributed by atoms with van der Waals surface area (Å²) in [5.41, 5.74) is -0.426. The van der Waals surface area contributed by atoms with Gasteiger partial charge in [-0.2, -0.15) is 0 Å². The van der Waals surface area contributed by atoms with Crippen molar-refractivity contribution in [3.8, 4) is 5.75 Å². The maximum absolute atomic E-state index is 13.4. The fourth-order valence-electron chi connectivity index (χ4n) is 1.91. The van der Waals surface area contributed by atoms with Gasteiger partial charge in [-0.25, -0.2) is 9.18 Å². The van der Waals surface area contributed by atoms with Crippen LogP contribution in [0, 0.1) is 11.7 Å². The number of carboxylic acids is 1. The van der Waals surface area contributed by atoms with E-state index < -0.39 is 17.3 Å². The molecule has 19 heavy (non-hydrogen) atoms. The fourth-order valence-corrected chi connectivity index (χ4v) is 1.91. The van der Waals surface area contributed by atoms with Crippen molar-refractivity contribution in [2.24, 2.45) is 5.92 Å². The molecule has 1 saturated heterocycles. The highest BCUT2D eigenvalue weighted by Gasteiger charge is 2.19. The number of hydrogen-bond acceptors (Lipinski definition) is 4. The van der Waals surface area contributed by atoms with E-state index in [9.17, 15) is 9.18 Å². The summed E-state index contributed by atoms with van der Waals surface area (Å²) in [4.78, 5) is 11.0. The van der Waals surface area contributed by atoms with Gasteiger partial charge in [-0.15, -0.1) is 0 Å². The SMILES string of the molecule is O=C(O)c1c(F)cccc1OCC1CNCCOC1. The molecular formula is C13H16FNO4. The Balaban J connectivity index is 2.02. The number of carbonyl (C=O) groups is 1. The van der Waals surface area contributed by atoms with Crippen LogP contribution in [-0.2, 0) is 4.74 Å². The van der Waals surface area contributed by atoms with Crippen molar-refractivity contribution in [2.45, 2.75) is 0 Å². The number of ether oxygens (including phenoxy) is 2. The lowest BCUT2D eigenvalue weighted by molar-refractivity contribution is 0.0682. The van der Waals surface area contributed by atoms with Gasteiger partial charge in [0, 0.05) is 19.0 Å². The lowest BCUT2D eigenvalue weighted by Crippen LogP contribution is -2.27. The first-order chi connectivity index (χ1) is 9.18. The van der Waals surface area contributed by atoms with Crippen LogP contribution in [0.5, 0.6) is 5.75 Å². The predicted molar refractivity (Wildman–Crippen MR) is 66.0 cm³/mol. The molecule has 0 amide bonds.